The van der Waals surface area contributed by atoms with E-state index in [1.54, 1.807) is 19.2 Å². The van der Waals surface area contributed by atoms with Gasteiger partial charge in [-0.3, -0.25) is 4.79 Å². The lowest BCUT2D eigenvalue weighted by molar-refractivity contribution is -0.127. The van der Waals surface area contributed by atoms with Gasteiger partial charge in [0.25, 0.3) is 0 Å². The highest BCUT2D eigenvalue weighted by Crippen LogP contribution is 2.25. The smallest absolute Gasteiger partial charge is 0.243 e. The van der Waals surface area contributed by atoms with Gasteiger partial charge in [0.2, 0.25) is 15.9 Å². The third-order valence-corrected chi connectivity index (χ3v) is 6.14. The van der Waals surface area contributed by atoms with Gasteiger partial charge in [-0.15, -0.1) is 0 Å². The summed E-state index contributed by atoms with van der Waals surface area (Å²) in [6, 6.07) is 6.18. The molecule has 1 aromatic rings. The molecule has 0 bridgehead atoms. The van der Waals surface area contributed by atoms with E-state index >= 15 is 0 Å². The fourth-order valence-corrected chi connectivity index (χ4v) is 4.45. The van der Waals surface area contributed by atoms with Crippen LogP contribution in [0, 0.1) is 5.92 Å². The largest absolute Gasteiger partial charge is 0.497 e. The van der Waals surface area contributed by atoms with Crippen LogP contribution in [0.25, 0.3) is 0 Å². The van der Waals surface area contributed by atoms with Crippen LogP contribution in [0.5, 0.6) is 5.75 Å². The Hall–Kier alpha value is -1.64. The highest BCUT2D eigenvalue weighted by Gasteiger charge is 2.33. The van der Waals surface area contributed by atoms with Crippen molar-refractivity contribution in [2.45, 2.75) is 30.7 Å². The van der Waals surface area contributed by atoms with Gasteiger partial charge in [0.15, 0.2) is 0 Å². The summed E-state index contributed by atoms with van der Waals surface area (Å²) in [5.41, 5.74) is 0. The Balaban J connectivity index is 2.07. The van der Waals surface area contributed by atoms with Crippen molar-refractivity contribution in [2.24, 2.45) is 5.92 Å². The van der Waals surface area contributed by atoms with Gasteiger partial charge in [-0.1, -0.05) is 0 Å². The first kappa shape index (κ1) is 19.7. The molecule has 1 N–H and O–H groups in total. The first-order valence-electron chi connectivity index (χ1n) is 8.32. The molecule has 0 aromatic heterocycles. The molecule has 25 heavy (non-hydrogen) atoms. The number of rotatable bonds is 7. The van der Waals surface area contributed by atoms with E-state index in [0.29, 0.717) is 31.7 Å². The number of hydrogen-bond acceptors (Lipinski definition) is 5. The molecular weight excluding hydrogens is 344 g/mol. The van der Waals surface area contributed by atoms with Crippen molar-refractivity contribution < 1.29 is 22.7 Å². The van der Waals surface area contributed by atoms with Crippen LogP contribution >= 0.6 is 0 Å². The van der Waals surface area contributed by atoms with Crippen molar-refractivity contribution in [3.05, 3.63) is 24.3 Å². The quantitative estimate of drug-likeness (QED) is 0.781. The van der Waals surface area contributed by atoms with Gasteiger partial charge in [0.05, 0.1) is 24.5 Å². The van der Waals surface area contributed by atoms with Crippen LogP contribution in [0.2, 0.25) is 0 Å². The Morgan fingerprint density at radius 3 is 2.60 bits per heavy atom. The van der Waals surface area contributed by atoms with Crippen LogP contribution in [0.1, 0.15) is 19.8 Å². The topological polar surface area (TPSA) is 84.9 Å². The summed E-state index contributed by atoms with van der Waals surface area (Å²) in [5, 5.41) is 2.88. The lowest BCUT2D eigenvalue weighted by atomic mass is 9.98. The first-order valence-corrected chi connectivity index (χ1v) is 9.76. The molecule has 1 aromatic carbocycles. The number of benzene rings is 1. The van der Waals surface area contributed by atoms with Gasteiger partial charge >= 0.3 is 0 Å². The lowest BCUT2D eigenvalue weighted by Gasteiger charge is -2.31. The average molecular weight is 370 g/mol. The standard InChI is InChI=1S/C17H26N2O5S/c1-13(12-23-2)18-17(20)14-5-4-10-19(11-14)25(21,22)16-8-6-15(24-3)7-9-16/h6-9,13-14H,4-5,10-12H2,1-3H3,(H,18,20)/t13-,14-/m0/s1. The van der Waals surface area contributed by atoms with Crippen molar-refractivity contribution in [2.75, 3.05) is 33.9 Å². The molecule has 0 radical (unpaired) electrons. The number of hydrogen-bond donors (Lipinski definition) is 1. The Kier molecular flexibility index (Phi) is 6.80. The molecular formula is C17H26N2O5S. The molecule has 0 spiro atoms. The van der Waals surface area contributed by atoms with Crippen LogP contribution in [0.15, 0.2) is 29.2 Å². The molecule has 7 nitrogen and oxygen atoms in total. The summed E-state index contributed by atoms with van der Waals surface area (Å²) in [5.74, 6) is 0.127. The number of amides is 1. The number of carbonyl (C=O) groups is 1. The number of methoxy groups -OCH3 is 2. The monoisotopic (exact) mass is 370 g/mol. The second kappa shape index (κ2) is 8.64. The summed E-state index contributed by atoms with van der Waals surface area (Å²) in [4.78, 5) is 12.6. The van der Waals surface area contributed by atoms with Crippen molar-refractivity contribution >= 4 is 15.9 Å². The van der Waals surface area contributed by atoms with E-state index in [2.05, 4.69) is 5.32 Å². The second-order valence-electron chi connectivity index (χ2n) is 6.24. The predicted molar refractivity (Wildman–Crippen MR) is 94.0 cm³/mol. The Bertz CT molecular complexity index is 675. The molecule has 2 rings (SSSR count). The minimum atomic E-state index is -3.62. The Morgan fingerprint density at radius 2 is 2.00 bits per heavy atom. The highest BCUT2D eigenvalue weighted by molar-refractivity contribution is 7.89. The molecule has 1 aliphatic heterocycles. The van der Waals surface area contributed by atoms with Crippen LogP contribution in [-0.2, 0) is 19.6 Å². The van der Waals surface area contributed by atoms with E-state index in [1.807, 2.05) is 6.92 Å². The van der Waals surface area contributed by atoms with Crippen molar-refractivity contribution in [1.82, 2.24) is 9.62 Å². The van der Waals surface area contributed by atoms with Crippen molar-refractivity contribution in [1.29, 1.82) is 0 Å². The second-order valence-corrected chi connectivity index (χ2v) is 8.18. The molecule has 1 fully saturated rings. The molecule has 140 valence electrons. The number of ether oxygens (including phenoxy) is 2. The molecule has 1 amide bonds. The van der Waals surface area contributed by atoms with Crippen molar-refractivity contribution in [3.8, 4) is 5.75 Å². The third kappa shape index (κ3) is 4.93. The molecule has 1 aliphatic rings. The summed E-state index contributed by atoms with van der Waals surface area (Å²) < 4.78 is 37.1. The summed E-state index contributed by atoms with van der Waals surface area (Å²) in [6.45, 7) is 2.90. The summed E-state index contributed by atoms with van der Waals surface area (Å²) in [7, 11) is -0.514. The molecule has 2 atom stereocenters. The van der Waals surface area contributed by atoms with E-state index in [9.17, 15) is 13.2 Å². The fourth-order valence-electron chi connectivity index (χ4n) is 2.92. The maximum Gasteiger partial charge on any atom is 0.243 e. The van der Waals surface area contributed by atoms with Gasteiger partial charge < -0.3 is 14.8 Å². The molecule has 8 heteroatoms. The highest BCUT2D eigenvalue weighted by atomic mass is 32.2. The minimum absolute atomic E-state index is 0.105. The zero-order valence-corrected chi connectivity index (χ0v) is 15.7. The molecule has 1 heterocycles. The number of piperidine rings is 1. The minimum Gasteiger partial charge on any atom is -0.497 e. The summed E-state index contributed by atoms with van der Waals surface area (Å²) in [6.07, 6.45) is 1.34. The van der Waals surface area contributed by atoms with E-state index < -0.39 is 10.0 Å². The first-order chi connectivity index (χ1) is 11.9. The van der Waals surface area contributed by atoms with Crippen LogP contribution in [0.4, 0.5) is 0 Å². The van der Waals surface area contributed by atoms with Crippen LogP contribution in [0.3, 0.4) is 0 Å². The number of nitrogens with one attached hydrogen (secondary N) is 1. The predicted octanol–water partition coefficient (Wildman–Crippen LogP) is 1.25. The van der Waals surface area contributed by atoms with Gasteiger partial charge in [0, 0.05) is 26.2 Å². The zero-order valence-electron chi connectivity index (χ0n) is 14.9. The lowest BCUT2D eigenvalue weighted by Crippen LogP contribution is -2.47. The van der Waals surface area contributed by atoms with E-state index in [1.165, 1.54) is 23.5 Å². The fraction of sp³-hybridized carbons (Fsp3) is 0.588. The van der Waals surface area contributed by atoms with Gasteiger partial charge in [-0.2, -0.15) is 4.31 Å². The third-order valence-electron chi connectivity index (χ3n) is 4.26. The van der Waals surface area contributed by atoms with Crippen LogP contribution < -0.4 is 10.1 Å². The van der Waals surface area contributed by atoms with E-state index in [-0.39, 0.29) is 29.3 Å². The number of carbonyl (C=O) groups excluding carboxylic acids is 1. The molecule has 1 saturated heterocycles. The maximum absolute atomic E-state index is 12.8. The molecule has 0 aliphatic carbocycles. The average Bonchev–Trinajstić information content (AvgIpc) is 2.62. The number of nitrogens with zero attached hydrogens (tertiary/aromatic N) is 1. The number of sulfonamides is 1. The maximum atomic E-state index is 12.8. The van der Waals surface area contributed by atoms with E-state index in [4.69, 9.17) is 9.47 Å². The molecule has 0 saturated carbocycles. The Morgan fingerprint density at radius 1 is 1.32 bits per heavy atom. The van der Waals surface area contributed by atoms with Gasteiger partial charge in [-0.25, -0.2) is 8.42 Å². The van der Waals surface area contributed by atoms with Crippen LogP contribution in [-0.4, -0.2) is 58.6 Å². The van der Waals surface area contributed by atoms with Gasteiger partial charge in [0.1, 0.15) is 5.75 Å². The summed E-state index contributed by atoms with van der Waals surface area (Å²) >= 11 is 0. The van der Waals surface area contributed by atoms with Crippen molar-refractivity contribution in [3.63, 3.8) is 0 Å². The zero-order chi connectivity index (χ0) is 18.4. The normalized spacial score (nSPS) is 20.0. The van der Waals surface area contributed by atoms with Gasteiger partial charge in [-0.05, 0) is 44.0 Å². The SMILES string of the molecule is COC[C@H](C)NC(=O)[C@H]1CCCN(S(=O)(=O)c2ccc(OC)cc2)C1. The Labute approximate surface area is 149 Å². The van der Waals surface area contributed by atoms with E-state index in [0.717, 1.165) is 0 Å². The molecule has 0 unspecified atom stereocenters.